The lowest BCUT2D eigenvalue weighted by molar-refractivity contribution is 0.0900. The minimum atomic E-state index is -0.359. The van der Waals surface area contributed by atoms with Crippen molar-refractivity contribution in [2.75, 3.05) is 27.2 Å². The summed E-state index contributed by atoms with van der Waals surface area (Å²) in [5.74, 6) is 3.02. The minimum Gasteiger partial charge on any atom is -0.493 e. The van der Waals surface area contributed by atoms with Crippen LogP contribution in [0.2, 0.25) is 0 Å². The normalized spacial score (nSPS) is 20.2. The summed E-state index contributed by atoms with van der Waals surface area (Å²) in [5.41, 5.74) is 5.02. The second-order valence-electron chi connectivity index (χ2n) is 6.85. The zero-order valence-corrected chi connectivity index (χ0v) is 14.7. The van der Waals surface area contributed by atoms with E-state index in [4.69, 9.17) is 18.9 Å². The lowest BCUT2D eigenvalue weighted by atomic mass is 9.83. The van der Waals surface area contributed by atoms with Crippen LogP contribution >= 0.6 is 0 Å². The standard InChI is InChI=1S/C20H21NO5/c1-23-17-3-2-12-6-16-14-8-19-18(25-11-26-19)7-13(14)4-5-21(16)9-15(12)20(17)24-10-22/h2-3,7-8,16,22H,4-6,9-11H2,1H3. The van der Waals surface area contributed by atoms with E-state index in [2.05, 4.69) is 23.1 Å². The number of hydrogen-bond donors (Lipinski definition) is 1. The molecule has 3 aliphatic rings. The third-order valence-corrected chi connectivity index (χ3v) is 5.63. The Morgan fingerprint density at radius 2 is 2.04 bits per heavy atom. The van der Waals surface area contributed by atoms with E-state index >= 15 is 0 Å². The number of nitrogens with zero attached hydrogens (tertiary/aromatic N) is 1. The molecule has 0 aromatic heterocycles. The van der Waals surface area contributed by atoms with Crippen molar-refractivity contribution in [2.24, 2.45) is 0 Å². The molecule has 6 heteroatoms. The Balaban J connectivity index is 1.56. The molecule has 1 unspecified atom stereocenters. The summed E-state index contributed by atoms with van der Waals surface area (Å²) >= 11 is 0. The smallest absolute Gasteiger partial charge is 0.231 e. The first-order valence-corrected chi connectivity index (χ1v) is 8.87. The number of aliphatic hydroxyl groups is 1. The third kappa shape index (κ3) is 2.33. The van der Waals surface area contributed by atoms with Gasteiger partial charge in [-0.25, -0.2) is 0 Å². The third-order valence-electron chi connectivity index (χ3n) is 5.63. The molecule has 1 N–H and O–H groups in total. The van der Waals surface area contributed by atoms with Crippen LogP contribution < -0.4 is 18.9 Å². The van der Waals surface area contributed by atoms with E-state index in [0.29, 0.717) is 24.3 Å². The molecule has 0 spiro atoms. The highest BCUT2D eigenvalue weighted by Gasteiger charge is 2.35. The minimum absolute atomic E-state index is 0.303. The van der Waals surface area contributed by atoms with E-state index in [1.807, 2.05) is 6.07 Å². The van der Waals surface area contributed by atoms with Crippen LogP contribution in [0.3, 0.4) is 0 Å². The van der Waals surface area contributed by atoms with E-state index in [1.165, 1.54) is 16.7 Å². The molecule has 0 radical (unpaired) electrons. The molecule has 0 amide bonds. The second kappa shape index (κ2) is 6.07. The first-order valence-electron chi connectivity index (χ1n) is 8.87. The highest BCUT2D eigenvalue weighted by Crippen LogP contribution is 2.46. The number of benzene rings is 2. The molecule has 1 atom stereocenters. The Morgan fingerprint density at radius 1 is 1.19 bits per heavy atom. The molecule has 3 aliphatic heterocycles. The Bertz CT molecular complexity index is 866. The molecule has 26 heavy (non-hydrogen) atoms. The predicted octanol–water partition coefficient (Wildman–Crippen LogP) is 2.41. The topological polar surface area (TPSA) is 60.4 Å². The van der Waals surface area contributed by atoms with Gasteiger partial charge in [-0.2, -0.15) is 0 Å². The summed E-state index contributed by atoms with van der Waals surface area (Å²) in [6.45, 7) is 1.70. The average molecular weight is 355 g/mol. The van der Waals surface area contributed by atoms with Crippen molar-refractivity contribution in [3.63, 3.8) is 0 Å². The van der Waals surface area contributed by atoms with Gasteiger partial charge in [-0.05, 0) is 47.7 Å². The SMILES string of the molecule is COc1ccc2c(c1OCO)CN1CCc3cc4c(cc3C1C2)OCO4. The Labute approximate surface area is 151 Å². The van der Waals surface area contributed by atoms with Crippen molar-refractivity contribution in [3.8, 4) is 23.0 Å². The van der Waals surface area contributed by atoms with Crippen molar-refractivity contribution in [3.05, 3.63) is 46.5 Å². The van der Waals surface area contributed by atoms with Crippen LogP contribution in [0.15, 0.2) is 24.3 Å². The van der Waals surface area contributed by atoms with Crippen LogP contribution in [0, 0.1) is 0 Å². The molecular weight excluding hydrogens is 334 g/mol. The van der Waals surface area contributed by atoms with E-state index in [9.17, 15) is 5.11 Å². The molecule has 3 heterocycles. The van der Waals surface area contributed by atoms with E-state index in [-0.39, 0.29) is 6.79 Å². The van der Waals surface area contributed by atoms with Crippen molar-refractivity contribution in [1.82, 2.24) is 4.90 Å². The van der Waals surface area contributed by atoms with Gasteiger partial charge in [-0.1, -0.05) is 6.07 Å². The zero-order chi connectivity index (χ0) is 17.7. The van der Waals surface area contributed by atoms with Gasteiger partial charge in [0.2, 0.25) is 6.79 Å². The number of aliphatic hydroxyl groups excluding tert-OH is 1. The van der Waals surface area contributed by atoms with Gasteiger partial charge in [0.25, 0.3) is 0 Å². The lowest BCUT2D eigenvalue weighted by Gasteiger charge is -2.42. The van der Waals surface area contributed by atoms with Gasteiger partial charge in [-0.3, -0.25) is 4.90 Å². The summed E-state index contributed by atoms with van der Waals surface area (Å²) in [6, 6.07) is 8.63. The largest absolute Gasteiger partial charge is 0.493 e. The van der Waals surface area contributed by atoms with Crippen LogP contribution in [0.1, 0.15) is 28.3 Å². The van der Waals surface area contributed by atoms with Crippen LogP contribution in [0.25, 0.3) is 0 Å². The predicted molar refractivity (Wildman–Crippen MR) is 93.8 cm³/mol. The zero-order valence-electron chi connectivity index (χ0n) is 14.7. The van der Waals surface area contributed by atoms with Crippen molar-refractivity contribution < 1.29 is 24.1 Å². The molecule has 136 valence electrons. The molecule has 0 saturated heterocycles. The number of rotatable bonds is 3. The van der Waals surface area contributed by atoms with Crippen LogP contribution in [0.5, 0.6) is 23.0 Å². The molecule has 0 aliphatic carbocycles. The van der Waals surface area contributed by atoms with Crippen LogP contribution in [-0.2, 0) is 19.4 Å². The summed E-state index contributed by atoms with van der Waals surface area (Å²) in [7, 11) is 1.62. The van der Waals surface area contributed by atoms with E-state index in [1.54, 1.807) is 7.11 Å². The maximum atomic E-state index is 9.28. The fourth-order valence-corrected chi connectivity index (χ4v) is 4.38. The summed E-state index contributed by atoms with van der Waals surface area (Å²) in [4.78, 5) is 2.47. The molecule has 6 nitrogen and oxygen atoms in total. The Morgan fingerprint density at radius 3 is 2.85 bits per heavy atom. The quantitative estimate of drug-likeness (QED) is 0.854. The van der Waals surface area contributed by atoms with Gasteiger partial charge in [-0.15, -0.1) is 0 Å². The van der Waals surface area contributed by atoms with Gasteiger partial charge < -0.3 is 24.1 Å². The van der Waals surface area contributed by atoms with Gasteiger partial charge in [0.15, 0.2) is 29.8 Å². The monoisotopic (exact) mass is 355 g/mol. The number of hydrogen-bond acceptors (Lipinski definition) is 6. The summed E-state index contributed by atoms with van der Waals surface area (Å²) < 4.78 is 22.1. The highest BCUT2D eigenvalue weighted by molar-refractivity contribution is 5.55. The van der Waals surface area contributed by atoms with E-state index in [0.717, 1.165) is 43.0 Å². The summed E-state index contributed by atoms with van der Waals surface area (Å²) in [6.07, 6.45) is 1.88. The van der Waals surface area contributed by atoms with Crippen molar-refractivity contribution in [2.45, 2.75) is 25.4 Å². The first-order chi connectivity index (χ1) is 12.8. The Kier molecular flexibility index (Phi) is 3.69. The molecule has 2 aromatic rings. The maximum Gasteiger partial charge on any atom is 0.231 e. The van der Waals surface area contributed by atoms with Crippen molar-refractivity contribution >= 4 is 0 Å². The number of fused-ring (bicyclic) bond motifs is 5. The summed E-state index contributed by atoms with van der Waals surface area (Å²) in [5, 5.41) is 9.28. The molecule has 0 bridgehead atoms. The number of ether oxygens (including phenoxy) is 4. The van der Waals surface area contributed by atoms with E-state index < -0.39 is 0 Å². The second-order valence-corrected chi connectivity index (χ2v) is 6.85. The van der Waals surface area contributed by atoms with Gasteiger partial charge in [0.05, 0.1) is 7.11 Å². The molecule has 0 fully saturated rings. The lowest BCUT2D eigenvalue weighted by Crippen LogP contribution is -2.39. The molecule has 5 rings (SSSR count). The highest BCUT2D eigenvalue weighted by atomic mass is 16.7. The fourth-order valence-electron chi connectivity index (χ4n) is 4.38. The van der Waals surface area contributed by atoms with Crippen LogP contribution in [0.4, 0.5) is 0 Å². The van der Waals surface area contributed by atoms with Gasteiger partial charge in [0, 0.05) is 24.7 Å². The van der Waals surface area contributed by atoms with Gasteiger partial charge >= 0.3 is 0 Å². The molecule has 2 aromatic carbocycles. The number of methoxy groups -OCH3 is 1. The Hall–Kier alpha value is -2.44. The molecular formula is C20H21NO5. The maximum absolute atomic E-state index is 9.28. The van der Waals surface area contributed by atoms with Crippen LogP contribution in [-0.4, -0.2) is 37.2 Å². The van der Waals surface area contributed by atoms with Crippen molar-refractivity contribution in [1.29, 1.82) is 0 Å². The fraction of sp³-hybridized carbons (Fsp3) is 0.400. The first kappa shape index (κ1) is 15.8. The van der Waals surface area contributed by atoms with Gasteiger partial charge in [0.1, 0.15) is 0 Å². The average Bonchev–Trinajstić information content (AvgIpc) is 3.13. The molecule has 0 saturated carbocycles.